The number of para-hydroxylation sites is 1. The van der Waals surface area contributed by atoms with E-state index < -0.39 is 0 Å². The summed E-state index contributed by atoms with van der Waals surface area (Å²) in [5.74, 6) is 0.00505. The molecule has 4 heteroatoms. The number of benzene rings is 2. The van der Waals surface area contributed by atoms with Gasteiger partial charge in [-0.2, -0.15) is 0 Å². The monoisotopic (exact) mass is 301 g/mol. The number of rotatable bonds is 3. The van der Waals surface area contributed by atoms with Gasteiger partial charge < -0.3 is 4.90 Å². The molecule has 2 aromatic rings. The molecular formula is C17H16FNOS. The summed E-state index contributed by atoms with van der Waals surface area (Å²) in [6.07, 6.45) is 0.881. The molecule has 0 spiro atoms. The van der Waals surface area contributed by atoms with Crippen LogP contribution in [0.1, 0.15) is 12.5 Å². The maximum absolute atomic E-state index is 13.6. The number of nitrogens with zero attached hydrogens (tertiary/aromatic N) is 1. The van der Waals surface area contributed by atoms with E-state index >= 15 is 0 Å². The zero-order valence-electron chi connectivity index (χ0n) is 11.8. The van der Waals surface area contributed by atoms with E-state index in [1.54, 1.807) is 18.2 Å². The third kappa shape index (κ3) is 2.81. The quantitative estimate of drug-likeness (QED) is 0.802. The number of hydrogen-bond acceptors (Lipinski definition) is 2. The van der Waals surface area contributed by atoms with E-state index in [0.29, 0.717) is 4.90 Å². The van der Waals surface area contributed by atoms with Gasteiger partial charge in [0.15, 0.2) is 0 Å². The van der Waals surface area contributed by atoms with Crippen LogP contribution in [-0.2, 0) is 11.2 Å². The Bertz CT molecular complexity index is 673. The normalized spacial score (nSPS) is 16.9. The molecule has 0 aromatic heterocycles. The van der Waals surface area contributed by atoms with Crippen LogP contribution in [0.4, 0.5) is 10.1 Å². The highest BCUT2D eigenvalue weighted by atomic mass is 32.2. The molecule has 0 radical (unpaired) electrons. The van der Waals surface area contributed by atoms with Crippen molar-refractivity contribution in [3.63, 3.8) is 0 Å². The zero-order chi connectivity index (χ0) is 14.8. The van der Waals surface area contributed by atoms with Gasteiger partial charge in [-0.15, -0.1) is 11.8 Å². The zero-order valence-corrected chi connectivity index (χ0v) is 12.6. The Labute approximate surface area is 128 Å². The van der Waals surface area contributed by atoms with E-state index in [4.69, 9.17) is 0 Å². The number of hydrogen-bond donors (Lipinski definition) is 0. The molecule has 1 aliphatic heterocycles. The Morgan fingerprint density at radius 2 is 1.95 bits per heavy atom. The molecule has 1 atom stereocenters. The Balaban J connectivity index is 1.73. The van der Waals surface area contributed by atoms with Crippen LogP contribution in [0.3, 0.4) is 0 Å². The van der Waals surface area contributed by atoms with Crippen LogP contribution in [0.2, 0.25) is 0 Å². The third-order valence-corrected chi connectivity index (χ3v) is 4.70. The van der Waals surface area contributed by atoms with Gasteiger partial charge in [0.05, 0.1) is 5.75 Å². The summed E-state index contributed by atoms with van der Waals surface area (Å²) in [7, 11) is 0. The van der Waals surface area contributed by atoms with Crippen molar-refractivity contribution >= 4 is 23.4 Å². The van der Waals surface area contributed by atoms with Crippen LogP contribution in [0.25, 0.3) is 0 Å². The lowest BCUT2D eigenvalue weighted by Gasteiger charge is -2.22. The first kappa shape index (κ1) is 14.1. The van der Waals surface area contributed by atoms with Crippen molar-refractivity contribution in [2.75, 3.05) is 10.7 Å². The second kappa shape index (κ2) is 5.90. The van der Waals surface area contributed by atoms with Crippen LogP contribution in [0, 0.1) is 5.82 Å². The Hall–Kier alpha value is -1.81. The fourth-order valence-corrected chi connectivity index (χ4v) is 3.52. The van der Waals surface area contributed by atoms with E-state index in [0.717, 1.165) is 12.1 Å². The summed E-state index contributed by atoms with van der Waals surface area (Å²) in [6, 6.07) is 14.7. The lowest BCUT2D eigenvalue weighted by molar-refractivity contribution is -0.116. The number of thioether (sulfide) groups is 1. The average Bonchev–Trinajstić information content (AvgIpc) is 2.82. The summed E-state index contributed by atoms with van der Waals surface area (Å²) in [5, 5.41) is 0. The van der Waals surface area contributed by atoms with Gasteiger partial charge in [0.2, 0.25) is 5.91 Å². The number of anilines is 1. The Morgan fingerprint density at radius 1 is 1.24 bits per heavy atom. The van der Waals surface area contributed by atoms with E-state index in [9.17, 15) is 9.18 Å². The summed E-state index contributed by atoms with van der Waals surface area (Å²) < 4.78 is 13.6. The number of halogens is 1. The van der Waals surface area contributed by atoms with Crippen LogP contribution in [0.5, 0.6) is 0 Å². The van der Waals surface area contributed by atoms with Crippen LogP contribution in [0.15, 0.2) is 53.4 Å². The summed E-state index contributed by atoms with van der Waals surface area (Å²) >= 11 is 1.25. The molecular weight excluding hydrogens is 285 g/mol. The van der Waals surface area contributed by atoms with E-state index in [-0.39, 0.29) is 23.5 Å². The van der Waals surface area contributed by atoms with Crippen molar-refractivity contribution in [1.29, 1.82) is 0 Å². The van der Waals surface area contributed by atoms with Crippen molar-refractivity contribution in [2.24, 2.45) is 0 Å². The molecule has 1 unspecified atom stereocenters. The smallest absolute Gasteiger partial charge is 0.237 e. The molecule has 0 aliphatic carbocycles. The van der Waals surface area contributed by atoms with Gasteiger partial charge in [-0.25, -0.2) is 4.39 Å². The topological polar surface area (TPSA) is 20.3 Å². The van der Waals surface area contributed by atoms with Crippen molar-refractivity contribution in [3.05, 3.63) is 59.9 Å². The number of amides is 1. The molecule has 108 valence electrons. The fraction of sp³-hybridized carbons (Fsp3) is 0.235. The average molecular weight is 301 g/mol. The number of carbonyl (C=O) groups excluding carboxylic acids is 1. The molecule has 0 N–H and O–H groups in total. The maximum atomic E-state index is 13.6. The molecule has 1 amide bonds. The molecule has 3 rings (SSSR count). The minimum Gasteiger partial charge on any atom is -0.308 e. The van der Waals surface area contributed by atoms with Crippen LogP contribution < -0.4 is 4.90 Å². The first-order chi connectivity index (χ1) is 10.2. The van der Waals surface area contributed by atoms with Crippen LogP contribution in [-0.4, -0.2) is 17.7 Å². The number of carbonyl (C=O) groups is 1. The van der Waals surface area contributed by atoms with Gasteiger partial charge in [0.1, 0.15) is 5.82 Å². The highest BCUT2D eigenvalue weighted by molar-refractivity contribution is 8.00. The molecule has 1 aliphatic rings. The van der Waals surface area contributed by atoms with Gasteiger partial charge in [0, 0.05) is 16.6 Å². The molecule has 0 saturated carbocycles. The van der Waals surface area contributed by atoms with Crippen LogP contribution >= 0.6 is 11.8 Å². The van der Waals surface area contributed by atoms with Crippen molar-refractivity contribution < 1.29 is 9.18 Å². The molecule has 0 saturated heterocycles. The van der Waals surface area contributed by atoms with E-state index in [1.807, 2.05) is 30.0 Å². The summed E-state index contributed by atoms with van der Waals surface area (Å²) in [4.78, 5) is 14.8. The van der Waals surface area contributed by atoms with Gasteiger partial charge in [0.25, 0.3) is 0 Å². The van der Waals surface area contributed by atoms with Crippen molar-refractivity contribution in [2.45, 2.75) is 24.3 Å². The minimum atomic E-state index is -0.273. The fourth-order valence-electron chi connectivity index (χ4n) is 2.72. The third-order valence-electron chi connectivity index (χ3n) is 3.66. The Morgan fingerprint density at radius 3 is 2.76 bits per heavy atom. The molecule has 1 heterocycles. The van der Waals surface area contributed by atoms with Gasteiger partial charge in [-0.3, -0.25) is 4.79 Å². The molecule has 21 heavy (non-hydrogen) atoms. The lowest BCUT2D eigenvalue weighted by atomic mass is 10.1. The highest BCUT2D eigenvalue weighted by Gasteiger charge is 2.30. The largest absolute Gasteiger partial charge is 0.308 e. The van der Waals surface area contributed by atoms with Crippen molar-refractivity contribution in [3.8, 4) is 0 Å². The highest BCUT2D eigenvalue weighted by Crippen LogP contribution is 2.33. The first-order valence-corrected chi connectivity index (χ1v) is 7.92. The van der Waals surface area contributed by atoms with Gasteiger partial charge in [-0.1, -0.05) is 30.3 Å². The minimum absolute atomic E-state index is 0.0284. The summed E-state index contributed by atoms with van der Waals surface area (Å²) in [6.45, 7) is 2.05. The number of fused-ring (bicyclic) bond motifs is 1. The predicted octanol–water partition coefficient (Wildman–Crippen LogP) is 3.90. The molecule has 0 bridgehead atoms. The first-order valence-electron chi connectivity index (χ1n) is 6.94. The van der Waals surface area contributed by atoms with Crippen molar-refractivity contribution in [1.82, 2.24) is 0 Å². The van der Waals surface area contributed by atoms with E-state index in [2.05, 4.69) is 6.07 Å². The van der Waals surface area contributed by atoms with Gasteiger partial charge >= 0.3 is 0 Å². The lowest BCUT2D eigenvalue weighted by Crippen LogP contribution is -2.36. The molecule has 2 nitrogen and oxygen atoms in total. The standard InChI is InChI=1S/C17H16FNOS/c1-12-10-13-6-2-4-8-15(13)19(12)17(20)11-21-16-9-5-3-7-14(16)18/h2-9,12H,10-11H2,1H3. The predicted molar refractivity (Wildman–Crippen MR) is 84.2 cm³/mol. The maximum Gasteiger partial charge on any atom is 0.237 e. The second-order valence-corrected chi connectivity index (χ2v) is 6.18. The second-order valence-electron chi connectivity index (χ2n) is 5.16. The van der Waals surface area contributed by atoms with E-state index in [1.165, 1.54) is 23.4 Å². The van der Waals surface area contributed by atoms with Gasteiger partial charge in [-0.05, 0) is 37.1 Å². The summed E-state index contributed by atoms with van der Waals surface area (Å²) in [5.41, 5.74) is 2.19. The Kier molecular flexibility index (Phi) is 3.97. The molecule has 0 fully saturated rings. The molecule has 2 aromatic carbocycles. The SMILES string of the molecule is CC1Cc2ccccc2N1C(=O)CSc1ccccc1F.